The van der Waals surface area contributed by atoms with Gasteiger partial charge in [-0.15, -0.1) is 0 Å². The van der Waals surface area contributed by atoms with Crippen LogP contribution in [0.1, 0.15) is 31.0 Å². The quantitative estimate of drug-likeness (QED) is 0.874. The Hall–Kier alpha value is -1.39. The van der Waals surface area contributed by atoms with E-state index in [1.807, 2.05) is 18.2 Å². The van der Waals surface area contributed by atoms with Crippen molar-refractivity contribution in [1.29, 1.82) is 0 Å². The maximum absolute atomic E-state index is 13.4. The van der Waals surface area contributed by atoms with Crippen LogP contribution in [0.3, 0.4) is 0 Å². The second kappa shape index (κ2) is 5.43. The van der Waals surface area contributed by atoms with Crippen LogP contribution in [0.15, 0.2) is 46.9 Å². The SMILES string of the molecule is CC1(C)Oc2ccccc2C1NCc1cc(F)ccc1Br. The average Bonchev–Trinajstić information content (AvgIpc) is 2.69. The van der Waals surface area contributed by atoms with E-state index >= 15 is 0 Å². The highest BCUT2D eigenvalue weighted by Gasteiger charge is 2.40. The molecule has 21 heavy (non-hydrogen) atoms. The Morgan fingerprint density at radius 1 is 1.24 bits per heavy atom. The number of hydrogen-bond acceptors (Lipinski definition) is 2. The third-order valence-electron chi connectivity index (χ3n) is 3.80. The van der Waals surface area contributed by atoms with Crippen LogP contribution in [0.4, 0.5) is 4.39 Å². The third-order valence-corrected chi connectivity index (χ3v) is 4.58. The summed E-state index contributed by atoms with van der Waals surface area (Å²) in [5.74, 6) is 0.690. The van der Waals surface area contributed by atoms with Crippen LogP contribution < -0.4 is 10.1 Å². The van der Waals surface area contributed by atoms with Crippen molar-refractivity contribution in [3.63, 3.8) is 0 Å². The molecule has 1 N–H and O–H groups in total. The van der Waals surface area contributed by atoms with Crippen molar-refractivity contribution in [2.45, 2.75) is 32.0 Å². The smallest absolute Gasteiger partial charge is 0.125 e. The largest absolute Gasteiger partial charge is 0.486 e. The van der Waals surface area contributed by atoms with Gasteiger partial charge in [-0.05, 0) is 43.7 Å². The Balaban J connectivity index is 1.83. The van der Waals surface area contributed by atoms with E-state index in [0.717, 1.165) is 21.3 Å². The molecule has 1 heterocycles. The second-order valence-electron chi connectivity index (χ2n) is 5.79. The van der Waals surface area contributed by atoms with Gasteiger partial charge < -0.3 is 10.1 Å². The van der Waals surface area contributed by atoms with Gasteiger partial charge in [0.2, 0.25) is 0 Å². The molecule has 0 amide bonds. The fourth-order valence-electron chi connectivity index (χ4n) is 2.78. The van der Waals surface area contributed by atoms with Gasteiger partial charge in [0.15, 0.2) is 0 Å². The molecule has 0 spiro atoms. The van der Waals surface area contributed by atoms with E-state index in [0.29, 0.717) is 6.54 Å². The van der Waals surface area contributed by atoms with Gasteiger partial charge in [0.25, 0.3) is 0 Å². The predicted molar refractivity (Wildman–Crippen MR) is 84.8 cm³/mol. The van der Waals surface area contributed by atoms with Crippen molar-refractivity contribution >= 4 is 15.9 Å². The summed E-state index contributed by atoms with van der Waals surface area (Å²) in [5.41, 5.74) is 1.72. The lowest BCUT2D eigenvalue weighted by atomic mass is 9.94. The van der Waals surface area contributed by atoms with Crippen molar-refractivity contribution in [2.24, 2.45) is 0 Å². The standard InChI is InChI=1S/C17H17BrFNO/c1-17(2)16(13-5-3-4-6-15(13)21-17)20-10-11-9-12(19)7-8-14(11)18/h3-9,16,20H,10H2,1-2H3. The van der Waals surface area contributed by atoms with Crippen LogP contribution in [0.2, 0.25) is 0 Å². The molecule has 0 bridgehead atoms. The summed E-state index contributed by atoms with van der Waals surface area (Å²) in [6.07, 6.45) is 0. The maximum Gasteiger partial charge on any atom is 0.125 e. The normalized spacial score (nSPS) is 19.1. The number of rotatable bonds is 3. The zero-order valence-corrected chi connectivity index (χ0v) is 13.6. The summed E-state index contributed by atoms with van der Waals surface area (Å²) < 4.78 is 20.3. The minimum absolute atomic E-state index is 0.0730. The van der Waals surface area contributed by atoms with E-state index in [4.69, 9.17) is 4.74 Å². The van der Waals surface area contributed by atoms with Crippen LogP contribution in [0.25, 0.3) is 0 Å². The van der Waals surface area contributed by atoms with Crippen molar-refractivity contribution in [3.8, 4) is 5.75 Å². The van der Waals surface area contributed by atoms with Crippen molar-refractivity contribution in [2.75, 3.05) is 0 Å². The molecule has 1 aliphatic rings. The summed E-state index contributed by atoms with van der Waals surface area (Å²) in [5, 5.41) is 3.49. The van der Waals surface area contributed by atoms with Crippen molar-refractivity contribution in [3.05, 3.63) is 63.9 Å². The summed E-state index contributed by atoms with van der Waals surface area (Å²) in [7, 11) is 0. The van der Waals surface area contributed by atoms with E-state index in [2.05, 4.69) is 41.2 Å². The molecular formula is C17H17BrFNO. The monoisotopic (exact) mass is 349 g/mol. The maximum atomic E-state index is 13.4. The number of benzene rings is 2. The fraction of sp³-hybridized carbons (Fsp3) is 0.294. The number of hydrogen-bond donors (Lipinski definition) is 1. The third kappa shape index (κ3) is 2.83. The summed E-state index contributed by atoms with van der Waals surface area (Å²) in [6.45, 7) is 4.70. The molecule has 1 unspecified atom stereocenters. The van der Waals surface area contributed by atoms with E-state index in [9.17, 15) is 4.39 Å². The Bertz CT molecular complexity index is 672. The zero-order chi connectivity index (χ0) is 15.0. The summed E-state index contributed by atoms with van der Waals surface area (Å²) in [4.78, 5) is 0. The molecule has 0 saturated carbocycles. The Morgan fingerprint density at radius 3 is 2.81 bits per heavy atom. The Morgan fingerprint density at radius 2 is 2.00 bits per heavy atom. The fourth-order valence-corrected chi connectivity index (χ4v) is 3.16. The molecule has 3 rings (SSSR count). The Kier molecular flexibility index (Phi) is 3.76. The zero-order valence-electron chi connectivity index (χ0n) is 12.0. The molecule has 2 aromatic carbocycles. The topological polar surface area (TPSA) is 21.3 Å². The summed E-state index contributed by atoms with van der Waals surface area (Å²) in [6, 6.07) is 12.8. The lowest BCUT2D eigenvalue weighted by Crippen LogP contribution is -2.38. The highest BCUT2D eigenvalue weighted by atomic mass is 79.9. The van der Waals surface area contributed by atoms with Gasteiger partial charge in [0.1, 0.15) is 17.2 Å². The van der Waals surface area contributed by atoms with Crippen LogP contribution >= 0.6 is 15.9 Å². The van der Waals surface area contributed by atoms with Crippen LogP contribution in [0.5, 0.6) is 5.75 Å². The molecule has 0 aromatic heterocycles. The van der Waals surface area contributed by atoms with Gasteiger partial charge in [-0.1, -0.05) is 34.1 Å². The Labute approximate surface area is 132 Å². The van der Waals surface area contributed by atoms with E-state index in [-0.39, 0.29) is 17.5 Å². The lowest BCUT2D eigenvalue weighted by molar-refractivity contribution is 0.0958. The molecule has 110 valence electrons. The van der Waals surface area contributed by atoms with E-state index in [1.165, 1.54) is 6.07 Å². The number of halogens is 2. The van der Waals surface area contributed by atoms with Crippen LogP contribution in [0, 0.1) is 5.82 Å². The second-order valence-corrected chi connectivity index (χ2v) is 6.65. The predicted octanol–water partition coefficient (Wildman–Crippen LogP) is 4.59. The molecule has 0 fully saturated rings. The molecule has 0 saturated heterocycles. The van der Waals surface area contributed by atoms with Gasteiger partial charge in [-0.25, -0.2) is 4.39 Å². The van der Waals surface area contributed by atoms with E-state index < -0.39 is 0 Å². The first-order valence-corrected chi connectivity index (χ1v) is 7.72. The molecule has 4 heteroatoms. The number of para-hydroxylation sites is 1. The first-order valence-electron chi connectivity index (χ1n) is 6.92. The van der Waals surface area contributed by atoms with Gasteiger partial charge in [-0.2, -0.15) is 0 Å². The van der Waals surface area contributed by atoms with Gasteiger partial charge >= 0.3 is 0 Å². The average molecular weight is 350 g/mol. The number of fused-ring (bicyclic) bond motifs is 1. The van der Waals surface area contributed by atoms with Gasteiger partial charge in [-0.3, -0.25) is 0 Å². The van der Waals surface area contributed by atoms with Crippen LogP contribution in [-0.2, 0) is 6.54 Å². The highest BCUT2D eigenvalue weighted by Crippen LogP contribution is 2.42. The molecule has 2 aromatic rings. The minimum Gasteiger partial charge on any atom is -0.486 e. The van der Waals surface area contributed by atoms with Crippen molar-refractivity contribution < 1.29 is 9.13 Å². The molecule has 2 nitrogen and oxygen atoms in total. The van der Waals surface area contributed by atoms with Gasteiger partial charge in [0, 0.05) is 16.6 Å². The molecular weight excluding hydrogens is 333 g/mol. The number of nitrogens with one attached hydrogen (secondary N) is 1. The molecule has 0 aliphatic carbocycles. The van der Waals surface area contributed by atoms with Crippen molar-refractivity contribution in [1.82, 2.24) is 5.32 Å². The molecule has 1 atom stereocenters. The number of ether oxygens (including phenoxy) is 1. The summed E-state index contributed by atoms with van der Waals surface area (Å²) >= 11 is 3.46. The minimum atomic E-state index is -0.330. The highest BCUT2D eigenvalue weighted by molar-refractivity contribution is 9.10. The van der Waals surface area contributed by atoms with Gasteiger partial charge in [0.05, 0.1) is 6.04 Å². The first-order chi connectivity index (χ1) is 9.97. The van der Waals surface area contributed by atoms with Crippen LogP contribution in [-0.4, -0.2) is 5.60 Å². The molecule has 0 radical (unpaired) electrons. The first kappa shape index (κ1) is 14.5. The lowest BCUT2D eigenvalue weighted by Gasteiger charge is -2.27. The van der Waals surface area contributed by atoms with E-state index in [1.54, 1.807) is 12.1 Å². The molecule has 1 aliphatic heterocycles.